The summed E-state index contributed by atoms with van der Waals surface area (Å²) in [7, 11) is 0. The lowest BCUT2D eigenvalue weighted by molar-refractivity contribution is -0.140. The molecule has 1 saturated heterocycles. The van der Waals surface area contributed by atoms with E-state index in [9.17, 15) is 9.59 Å². The number of hydrogen-bond donors (Lipinski definition) is 1. The molecule has 0 bridgehead atoms. The Bertz CT molecular complexity index is 541. The molecule has 1 heterocycles. The van der Waals surface area contributed by atoms with Gasteiger partial charge in [0.1, 0.15) is 6.04 Å². The number of imide groups is 1. The van der Waals surface area contributed by atoms with E-state index < -0.39 is 6.04 Å². The molecule has 2 amide bonds. The maximum absolute atomic E-state index is 12.3. The maximum Gasteiger partial charge on any atom is 0.252 e. The van der Waals surface area contributed by atoms with Gasteiger partial charge in [-0.15, -0.1) is 0 Å². The van der Waals surface area contributed by atoms with Crippen molar-refractivity contribution in [2.24, 2.45) is 0 Å². The van der Waals surface area contributed by atoms with Crippen LogP contribution in [0.25, 0.3) is 0 Å². The lowest BCUT2D eigenvalue weighted by atomic mass is 10.0. The van der Waals surface area contributed by atoms with Crippen molar-refractivity contribution in [1.82, 2.24) is 4.90 Å². The number of nitrogens with one attached hydrogen (secondary N) is 1. The molecule has 1 fully saturated rings. The Morgan fingerprint density at radius 3 is 2.15 bits per heavy atom. The number of aryl methyl sites for hydroxylation is 3. The molecule has 1 N–H and O–H groups in total. The Morgan fingerprint density at radius 2 is 1.70 bits per heavy atom. The zero-order valence-electron chi connectivity index (χ0n) is 12.8. The molecule has 1 aliphatic rings. The summed E-state index contributed by atoms with van der Waals surface area (Å²) in [5, 5.41) is 3.26. The number of anilines is 1. The molecule has 0 spiro atoms. The molecule has 1 atom stereocenters. The molecular formula is C16H22N2O2. The van der Waals surface area contributed by atoms with Gasteiger partial charge in [-0.05, 0) is 45.7 Å². The van der Waals surface area contributed by atoms with Crippen LogP contribution in [0.15, 0.2) is 12.1 Å². The van der Waals surface area contributed by atoms with E-state index in [4.69, 9.17) is 0 Å². The minimum absolute atomic E-state index is 0.0815. The molecule has 4 heteroatoms. The predicted octanol–water partition coefficient (Wildman–Crippen LogP) is 2.56. The Labute approximate surface area is 120 Å². The van der Waals surface area contributed by atoms with Gasteiger partial charge in [0.25, 0.3) is 5.91 Å². The molecule has 2 rings (SSSR count). The lowest BCUT2D eigenvalue weighted by Gasteiger charge is -2.21. The normalized spacial score (nSPS) is 19.1. The molecular weight excluding hydrogens is 252 g/mol. The van der Waals surface area contributed by atoms with E-state index in [0.717, 1.165) is 16.8 Å². The van der Waals surface area contributed by atoms with Crippen LogP contribution >= 0.6 is 0 Å². The first-order chi connectivity index (χ1) is 9.31. The summed E-state index contributed by atoms with van der Waals surface area (Å²) in [6.45, 7) is 9.81. The number of carbonyl (C=O) groups is 2. The van der Waals surface area contributed by atoms with Crippen LogP contribution in [0.2, 0.25) is 0 Å². The molecule has 1 aromatic carbocycles. The number of hydrogen-bond acceptors (Lipinski definition) is 3. The molecule has 0 radical (unpaired) electrons. The van der Waals surface area contributed by atoms with E-state index in [1.807, 2.05) is 27.7 Å². The fraction of sp³-hybridized carbons (Fsp3) is 0.500. The summed E-state index contributed by atoms with van der Waals surface area (Å²) in [5.74, 6) is -0.214. The first-order valence-corrected chi connectivity index (χ1v) is 7.01. The standard InChI is InChI=1S/C16H22N2O2/c1-9(2)18-14(19)8-13(16(18)20)17-15-11(4)6-10(3)7-12(15)5/h6-7,9,13,17H,8H2,1-5H3. The fourth-order valence-corrected chi connectivity index (χ4v) is 2.89. The molecule has 0 aromatic heterocycles. The van der Waals surface area contributed by atoms with Crippen LogP contribution in [-0.4, -0.2) is 28.8 Å². The van der Waals surface area contributed by atoms with Gasteiger partial charge in [0, 0.05) is 11.7 Å². The van der Waals surface area contributed by atoms with Crippen molar-refractivity contribution in [3.05, 3.63) is 28.8 Å². The lowest BCUT2D eigenvalue weighted by Crippen LogP contribution is -2.39. The molecule has 0 aliphatic carbocycles. The summed E-state index contributed by atoms with van der Waals surface area (Å²) >= 11 is 0. The van der Waals surface area contributed by atoms with Crippen molar-refractivity contribution in [2.75, 3.05) is 5.32 Å². The van der Waals surface area contributed by atoms with Gasteiger partial charge in [0.05, 0.1) is 6.42 Å². The maximum atomic E-state index is 12.3. The van der Waals surface area contributed by atoms with Gasteiger partial charge in [0.15, 0.2) is 0 Å². The van der Waals surface area contributed by atoms with Crippen LogP contribution in [0.5, 0.6) is 0 Å². The predicted molar refractivity (Wildman–Crippen MR) is 79.7 cm³/mol. The topological polar surface area (TPSA) is 49.4 Å². The minimum atomic E-state index is -0.440. The Kier molecular flexibility index (Phi) is 3.84. The first kappa shape index (κ1) is 14.6. The van der Waals surface area contributed by atoms with Crippen LogP contribution < -0.4 is 5.32 Å². The number of benzene rings is 1. The smallest absolute Gasteiger partial charge is 0.252 e. The number of rotatable bonds is 3. The van der Waals surface area contributed by atoms with Crippen LogP contribution in [0, 0.1) is 20.8 Å². The van der Waals surface area contributed by atoms with Crippen molar-refractivity contribution in [3.63, 3.8) is 0 Å². The van der Waals surface area contributed by atoms with Gasteiger partial charge < -0.3 is 5.32 Å². The van der Waals surface area contributed by atoms with E-state index in [1.54, 1.807) is 0 Å². The molecule has 1 aliphatic heterocycles. The van der Waals surface area contributed by atoms with Gasteiger partial charge >= 0.3 is 0 Å². The summed E-state index contributed by atoms with van der Waals surface area (Å²) in [6.07, 6.45) is 0.240. The highest BCUT2D eigenvalue weighted by Gasteiger charge is 2.40. The van der Waals surface area contributed by atoms with Gasteiger partial charge in [-0.2, -0.15) is 0 Å². The SMILES string of the molecule is Cc1cc(C)c(NC2CC(=O)N(C(C)C)C2=O)c(C)c1. The highest BCUT2D eigenvalue weighted by molar-refractivity contribution is 6.07. The summed E-state index contributed by atoms with van der Waals surface area (Å²) in [6, 6.07) is 3.64. The third-order valence-electron chi connectivity index (χ3n) is 3.69. The Balaban J connectivity index is 2.24. The first-order valence-electron chi connectivity index (χ1n) is 7.01. The van der Waals surface area contributed by atoms with Crippen LogP contribution in [0.4, 0.5) is 5.69 Å². The fourth-order valence-electron chi connectivity index (χ4n) is 2.89. The van der Waals surface area contributed by atoms with Crippen molar-refractivity contribution in [2.45, 2.75) is 53.1 Å². The highest BCUT2D eigenvalue weighted by Crippen LogP contribution is 2.26. The second kappa shape index (κ2) is 5.27. The van der Waals surface area contributed by atoms with Gasteiger partial charge in [0.2, 0.25) is 5.91 Å². The average molecular weight is 274 g/mol. The van der Waals surface area contributed by atoms with E-state index in [-0.39, 0.29) is 24.3 Å². The van der Waals surface area contributed by atoms with E-state index in [2.05, 4.69) is 24.4 Å². The molecule has 4 nitrogen and oxygen atoms in total. The van der Waals surface area contributed by atoms with Crippen molar-refractivity contribution >= 4 is 17.5 Å². The number of likely N-dealkylation sites (tertiary alicyclic amines) is 1. The Hall–Kier alpha value is -1.84. The summed E-state index contributed by atoms with van der Waals surface area (Å²) < 4.78 is 0. The van der Waals surface area contributed by atoms with E-state index in [0.29, 0.717) is 0 Å². The third kappa shape index (κ3) is 2.55. The summed E-state index contributed by atoms with van der Waals surface area (Å²) in [5.41, 5.74) is 4.37. The van der Waals surface area contributed by atoms with Crippen molar-refractivity contribution < 1.29 is 9.59 Å². The van der Waals surface area contributed by atoms with Crippen LogP contribution in [0.1, 0.15) is 37.0 Å². The molecule has 20 heavy (non-hydrogen) atoms. The van der Waals surface area contributed by atoms with E-state index in [1.165, 1.54) is 10.5 Å². The molecule has 1 unspecified atom stereocenters. The van der Waals surface area contributed by atoms with Gasteiger partial charge in [-0.25, -0.2) is 0 Å². The average Bonchev–Trinajstić information content (AvgIpc) is 2.58. The zero-order valence-corrected chi connectivity index (χ0v) is 12.8. The summed E-state index contributed by atoms with van der Waals surface area (Å²) in [4.78, 5) is 25.6. The number of carbonyl (C=O) groups excluding carboxylic acids is 2. The van der Waals surface area contributed by atoms with Crippen molar-refractivity contribution in [3.8, 4) is 0 Å². The largest absolute Gasteiger partial charge is 0.373 e. The number of nitrogens with zero attached hydrogens (tertiary/aromatic N) is 1. The molecule has 1 aromatic rings. The van der Waals surface area contributed by atoms with Gasteiger partial charge in [-0.1, -0.05) is 17.7 Å². The van der Waals surface area contributed by atoms with Crippen LogP contribution in [0.3, 0.4) is 0 Å². The van der Waals surface area contributed by atoms with Gasteiger partial charge in [-0.3, -0.25) is 14.5 Å². The van der Waals surface area contributed by atoms with Crippen LogP contribution in [-0.2, 0) is 9.59 Å². The quantitative estimate of drug-likeness (QED) is 0.862. The monoisotopic (exact) mass is 274 g/mol. The zero-order chi connectivity index (χ0) is 15.0. The minimum Gasteiger partial charge on any atom is -0.373 e. The third-order valence-corrected chi connectivity index (χ3v) is 3.69. The highest BCUT2D eigenvalue weighted by atomic mass is 16.2. The number of amides is 2. The Morgan fingerprint density at radius 1 is 1.15 bits per heavy atom. The molecule has 0 saturated carbocycles. The van der Waals surface area contributed by atoms with Crippen molar-refractivity contribution in [1.29, 1.82) is 0 Å². The molecule has 108 valence electrons. The second-order valence-corrected chi connectivity index (χ2v) is 5.87. The van der Waals surface area contributed by atoms with E-state index >= 15 is 0 Å². The second-order valence-electron chi connectivity index (χ2n) is 5.87.